The smallest absolute Gasteiger partial charge is 0.143 e. The van der Waals surface area contributed by atoms with Crippen molar-refractivity contribution < 1.29 is 29.5 Å². The summed E-state index contributed by atoms with van der Waals surface area (Å²) in [5, 5.41) is 25.1. The Morgan fingerprint density at radius 2 is 1.11 bits per heavy atom. The summed E-state index contributed by atoms with van der Waals surface area (Å²) in [6, 6.07) is 0. The molecule has 0 amide bonds. The fourth-order valence-electron chi connectivity index (χ4n) is 2.69. The third-order valence-corrected chi connectivity index (χ3v) is 5.57. The lowest BCUT2D eigenvalue weighted by molar-refractivity contribution is -0.0521. The highest BCUT2D eigenvalue weighted by Crippen LogP contribution is 2.30. The first kappa shape index (κ1) is 32.4. The average molecular weight is 411 g/mol. The van der Waals surface area contributed by atoms with Crippen molar-refractivity contribution in [3.63, 3.8) is 0 Å². The lowest BCUT2D eigenvalue weighted by Crippen LogP contribution is -2.24. The third-order valence-electron chi connectivity index (χ3n) is 5.57. The van der Waals surface area contributed by atoms with E-state index < -0.39 is 0 Å². The Kier molecular flexibility index (Phi) is 28.7. The van der Waals surface area contributed by atoms with Gasteiger partial charge in [0.25, 0.3) is 0 Å². The summed E-state index contributed by atoms with van der Waals surface area (Å²) in [7, 11) is 0. The SMILES string of the molecule is CCC(CC)(CC)COCO.CCC(CC)COCO.CCC(CC)OCO. The molecule has 0 rings (SSSR count). The normalized spacial score (nSPS) is 11.1. The second kappa shape index (κ2) is 24.8. The topological polar surface area (TPSA) is 88.4 Å². The Bertz CT molecular complexity index is 255. The summed E-state index contributed by atoms with van der Waals surface area (Å²) in [5.41, 5.74) is 0.294. The quantitative estimate of drug-likeness (QED) is 0.339. The Morgan fingerprint density at radius 1 is 0.643 bits per heavy atom. The molecule has 0 aliphatic heterocycles. The molecule has 0 heterocycles. The Hall–Kier alpha value is -0.240. The molecule has 0 aromatic heterocycles. The van der Waals surface area contributed by atoms with Crippen molar-refractivity contribution in [1.82, 2.24) is 0 Å². The van der Waals surface area contributed by atoms with Gasteiger partial charge >= 0.3 is 0 Å². The molecule has 0 aromatic carbocycles. The molecule has 28 heavy (non-hydrogen) atoms. The minimum Gasteiger partial charge on any atom is -0.371 e. The molecule has 0 saturated heterocycles. The standard InChI is InChI=1S/C9H20O2.C7H16O2.C6H14O2/c1-4-9(5-2,6-3)7-11-8-10;1-3-7(4-2)5-9-6-8;1-3-6(4-2)8-5-7/h10H,4-8H2,1-3H3;7-8H,3-6H2,1-2H3;6-7H,3-5H2,1-2H3. The van der Waals surface area contributed by atoms with E-state index in [0.29, 0.717) is 24.5 Å². The van der Waals surface area contributed by atoms with Gasteiger partial charge in [-0.2, -0.15) is 0 Å². The van der Waals surface area contributed by atoms with Crippen LogP contribution in [0.4, 0.5) is 0 Å². The zero-order chi connectivity index (χ0) is 22.3. The van der Waals surface area contributed by atoms with E-state index in [-0.39, 0.29) is 26.5 Å². The summed E-state index contributed by atoms with van der Waals surface area (Å²) in [6.45, 7) is 15.8. The van der Waals surface area contributed by atoms with E-state index in [2.05, 4.69) is 34.6 Å². The van der Waals surface area contributed by atoms with Gasteiger partial charge < -0.3 is 29.5 Å². The fourth-order valence-corrected chi connectivity index (χ4v) is 2.69. The Balaban J connectivity index is -0.000000340. The Labute approximate surface area is 174 Å². The van der Waals surface area contributed by atoms with Crippen LogP contribution in [0.3, 0.4) is 0 Å². The van der Waals surface area contributed by atoms with E-state index in [9.17, 15) is 0 Å². The van der Waals surface area contributed by atoms with Crippen molar-refractivity contribution in [1.29, 1.82) is 0 Å². The second-order valence-corrected chi connectivity index (χ2v) is 6.95. The van der Waals surface area contributed by atoms with Crippen molar-refractivity contribution in [2.45, 2.75) is 99.5 Å². The van der Waals surface area contributed by atoms with Gasteiger partial charge in [0.05, 0.1) is 19.3 Å². The molecule has 3 N–H and O–H groups in total. The number of hydrogen-bond donors (Lipinski definition) is 3. The van der Waals surface area contributed by atoms with Crippen molar-refractivity contribution in [2.75, 3.05) is 33.6 Å². The van der Waals surface area contributed by atoms with Crippen molar-refractivity contribution in [3.05, 3.63) is 0 Å². The van der Waals surface area contributed by atoms with Gasteiger partial charge in [-0.1, -0.05) is 61.3 Å². The van der Waals surface area contributed by atoms with Crippen LogP contribution >= 0.6 is 0 Å². The highest BCUT2D eigenvalue weighted by molar-refractivity contribution is 4.73. The number of aliphatic hydroxyl groups excluding tert-OH is 3. The molecule has 0 fully saturated rings. The predicted molar refractivity (Wildman–Crippen MR) is 116 cm³/mol. The van der Waals surface area contributed by atoms with Crippen LogP contribution in [-0.2, 0) is 14.2 Å². The van der Waals surface area contributed by atoms with Crippen LogP contribution in [-0.4, -0.2) is 55.0 Å². The maximum atomic E-state index is 8.49. The molecule has 0 atom stereocenters. The van der Waals surface area contributed by atoms with Crippen LogP contribution in [0.25, 0.3) is 0 Å². The highest BCUT2D eigenvalue weighted by Gasteiger charge is 2.23. The fraction of sp³-hybridized carbons (Fsp3) is 1.00. The zero-order valence-electron chi connectivity index (χ0n) is 19.7. The molecular formula is C22H50O6. The molecule has 0 aliphatic rings. The van der Waals surface area contributed by atoms with Gasteiger partial charge in [0, 0.05) is 0 Å². The summed E-state index contributed by atoms with van der Waals surface area (Å²) in [4.78, 5) is 0. The van der Waals surface area contributed by atoms with Gasteiger partial charge in [-0.3, -0.25) is 0 Å². The lowest BCUT2D eigenvalue weighted by atomic mass is 9.81. The monoisotopic (exact) mass is 410 g/mol. The molecule has 0 saturated carbocycles. The molecule has 0 unspecified atom stereocenters. The van der Waals surface area contributed by atoms with E-state index >= 15 is 0 Å². The van der Waals surface area contributed by atoms with E-state index in [4.69, 9.17) is 29.5 Å². The van der Waals surface area contributed by atoms with Crippen LogP contribution in [0.2, 0.25) is 0 Å². The maximum absolute atomic E-state index is 8.49. The lowest BCUT2D eigenvalue weighted by Gasteiger charge is -2.29. The molecule has 174 valence electrons. The maximum Gasteiger partial charge on any atom is 0.143 e. The van der Waals surface area contributed by atoms with Gasteiger partial charge in [-0.05, 0) is 43.4 Å². The summed E-state index contributed by atoms with van der Waals surface area (Å²) >= 11 is 0. The van der Waals surface area contributed by atoms with Gasteiger partial charge in [0.15, 0.2) is 0 Å². The first-order valence-corrected chi connectivity index (χ1v) is 11.0. The predicted octanol–water partition coefficient (Wildman–Crippen LogP) is 4.70. The summed E-state index contributed by atoms with van der Waals surface area (Å²) in [5.74, 6) is 0.622. The van der Waals surface area contributed by atoms with Gasteiger partial charge in [-0.25, -0.2) is 0 Å². The van der Waals surface area contributed by atoms with Crippen LogP contribution in [0.1, 0.15) is 93.4 Å². The number of rotatable bonds is 15. The van der Waals surface area contributed by atoms with E-state index in [1.165, 1.54) is 0 Å². The number of hydrogen-bond acceptors (Lipinski definition) is 6. The molecule has 0 bridgehead atoms. The minimum absolute atomic E-state index is 0.142. The molecule has 0 aliphatic carbocycles. The van der Waals surface area contributed by atoms with E-state index in [1.807, 2.05) is 13.8 Å². The van der Waals surface area contributed by atoms with E-state index in [0.717, 1.165) is 44.9 Å². The number of ether oxygens (including phenoxy) is 3. The minimum atomic E-state index is -0.151. The largest absolute Gasteiger partial charge is 0.371 e. The summed E-state index contributed by atoms with van der Waals surface area (Å²) in [6.07, 6.45) is 7.86. The molecule has 6 nitrogen and oxygen atoms in total. The highest BCUT2D eigenvalue weighted by atomic mass is 16.6. The Morgan fingerprint density at radius 3 is 1.36 bits per heavy atom. The molecule has 0 radical (unpaired) electrons. The van der Waals surface area contributed by atoms with Crippen LogP contribution in [0.15, 0.2) is 0 Å². The van der Waals surface area contributed by atoms with Gasteiger partial charge in [-0.15, -0.1) is 0 Å². The second-order valence-electron chi connectivity index (χ2n) is 6.95. The summed E-state index contributed by atoms with van der Waals surface area (Å²) < 4.78 is 14.8. The van der Waals surface area contributed by atoms with Crippen molar-refractivity contribution in [2.24, 2.45) is 11.3 Å². The van der Waals surface area contributed by atoms with Crippen molar-refractivity contribution >= 4 is 0 Å². The zero-order valence-corrected chi connectivity index (χ0v) is 19.7. The van der Waals surface area contributed by atoms with Crippen LogP contribution in [0, 0.1) is 11.3 Å². The first-order valence-electron chi connectivity index (χ1n) is 11.0. The molecule has 0 aromatic rings. The first-order chi connectivity index (χ1) is 13.4. The molecular weight excluding hydrogens is 360 g/mol. The van der Waals surface area contributed by atoms with Crippen LogP contribution < -0.4 is 0 Å². The number of aliphatic hydroxyl groups is 3. The average Bonchev–Trinajstić information content (AvgIpc) is 2.75. The van der Waals surface area contributed by atoms with E-state index in [1.54, 1.807) is 0 Å². The third kappa shape index (κ3) is 19.1. The van der Waals surface area contributed by atoms with Gasteiger partial charge in [0.1, 0.15) is 20.4 Å². The van der Waals surface area contributed by atoms with Crippen molar-refractivity contribution in [3.8, 4) is 0 Å². The molecule has 0 spiro atoms. The molecule has 6 heteroatoms. The van der Waals surface area contributed by atoms with Gasteiger partial charge in [0.2, 0.25) is 0 Å². The van der Waals surface area contributed by atoms with Crippen LogP contribution in [0.5, 0.6) is 0 Å².